The van der Waals surface area contributed by atoms with Gasteiger partial charge in [0, 0.05) is 49.7 Å². The number of nitrogens with zero attached hydrogens (tertiary/aromatic N) is 2. The van der Waals surface area contributed by atoms with Crippen molar-refractivity contribution in [3.05, 3.63) is 23.8 Å². The van der Waals surface area contributed by atoms with Crippen LogP contribution in [-0.2, 0) is 4.79 Å². The summed E-state index contributed by atoms with van der Waals surface area (Å²) >= 11 is 0. The van der Waals surface area contributed by atoms with Gasteiger partial charge in [0.1, 0.15) is 0 Å². The Balaban J connectivity index is 1.36. The van der Waals surface area contributed by atoms with Gasteiger partial charge in [0.15, 0.2) is 0 Å². The highest BCUT2D eigenvalue weighted by molar-refractivity contribution is 5.96. The molecule has 1 aromatic carbocycles. The molecule has 0 radical (unpaired) electrons. The maximum atomic E-state index is 12.6. The Labute approximate surface area is 172 Å². The van der Waals surface area contributed by atoms with Crippen LogP contribution >= 0.6 is 0 Å². The topological polar surface area (TPSA) is 105 Å². The van der Waals surface area contributed by atoms with Crippen molar-refractivity contribution in [2.24, 2.45) is 11.7 Å². The van der Waals surface area contributed by atoms with Gasteiger partial charge in [0.05, 0.1) is 11.4 Å². The van der Waals surface area contributed by atoms with Gasteiger partial charge < -0.3 is 26.6 Å². The van der Waals surface area contributed by atoms with Crippen molar-refractivity contribution in [2.75, 3.05) is 36.8 Å². The highest BCUT2D eigenvalue weighted by Gasteiger charge is 2.34. The molecule has 1 aromatic rings. The summed E-state index contributed by atoms with van der Waals surface area (Å²) in [4.78, 5) is 29.2. The van der Waals surface area contributed by atoms with Gasteiger partial charge in [-0.25, -0.2) is 0 Å². The molecule has 2 aliphatic carbocycles. The number of anilines is 2. The van der Waals surface area contributed by atoms with Crippen LogP contribution in [0, 0.1) is 5.92 Å². The number of carbonyl (C=O) groups is 2. The van der Waals surface area contributed by atoms with Crippen molar-refractivity contribution in [1.29, 1.82) is 0 Å². The minimum atomic E-state index is -0.0687. The first-order valence-electron chi connectivity index (χ1n) is 11.0. The molecule has 0 aromatic heterocycles. The van der Waals surface area contributed by atoms with E-state index in [4.69, 9.17) is 11.5 Å². The zero-order chi connectivity index (χ0) is 20.4. The maximum Gasteiger partial charge on any atom is 0.251 e. The van der Waals surface area contributed by atoms with Gasteiger partial charge in [-0.2, -0.15) is 0 Å². The number of carbonyl (C=O) groups excluding carboxylic acids is 2. The molecular weight excluding hydrogens is 366 g/mol. The van der Waals surface area contributed by atoms with E-state index >= 15 is 0 Å². The number of nitrogens with two attached hydrogens (primary N) is 2. The van der Waals surface area contributed by atoms with Crippen molar-refractivity contribution in [3.8, 4) is 0 Å². The van der Waals surface area contributed by atoms with Crippen LogP contribution in [0.4, 0.5) is 11.4 Å². The molecule has 1 heterocycles. The van der Waals surface area contributed by atoms with Crippen LogP contribution in [0.1, 0.15) is 55.3 Å². The van der Waals surface area contributed by atoms with Gasteiger partial charge in [0.2, 0.25) is 5.91 Å². The minimum absolute atomic E-state index is 0.0687. The second-order valence-corrected chi connectivity index (χ2v) is 8.80. The Hall–Kier alpha value is -2.28. The van der Waals surface area contributed by atoms with E-state index < -0.39 is 0 Å². The van der Waals surface area contributed by atoms with Gasteiger partial charge in [0.25, 0.3) is 5.91 Å². The summed E-state index contributed by atoms with van der Waals surface area (Å²) in [5.41, 5.74) is 14.4. The maximum absolute atomic E-state index is 12.6. The Morgan fingerprint density at radius 3 is 2.41 bits per heavy atom. The zero-order valence-corrected chi connectivity index (χ0v) is 17.1. The smallest absolute Gasteiger partial charge is 0.251 e. The summed E-state index contributed by atoms with van der Waals surface area (Å²) in [6.45, 7) is 3.20. The Morgan fingerprint density at radius 1 is 0.966 bits per heavy atom. The highest BCUT2D eigenvalue weighted by Crippen LogP contribution is 2.32. The summed E-state index contributed by atoms with van der Waals surface area (Å²) in [6.07, 6.45) is 6.81. The first kappa shape index (κ1) is 20.0. The van der Waals surface area contributed by atoms with Crippen LogP contribution < -0.4 is 21.7 Å². The summed E-state index contributed by atoms with van der Waals surface area (Å²) in [7, 11) is 0. The highest BCUT2D eigenvalue weighted by atomic mass is 16.2. The van der Waals surface area contributed by atoms with Crippen LogP contribution in [0.15, 0.2) is 18.2 Å². The molecule has 0 spiro atoms. The van der Waals surface area contributed by atoms with Crippen molar-refractivity contribution in [1.82, 2.24) is 10.2 Å². The van der Waals surface area contributed by atoms with Crippen molar-refractivity contribution < 1.29 is 9.59 Å². The second kappa shape index (κ2) is 8.61. The van der Waals surface area contributed by atoms with E-state index in [1.165, 1.54) is 0 Å². The molecule has 3 fully saturated rings. The largest absolute Gasteiger partial charge is 0.397 e. The van der Waals surface area contributed by atoms with E-state index in [1.54, 1.807) is 6.07 Å². The van der Waals surface area contributed by atoms with Gasteiger partial charge in [-0.05, 0) is 63.1 Å². The molecule has 0 unspecified atom stereocenters. The zero-order valence-electron chi connectivity index (χ0n) is 17.1. The Kier molecular flexibility index (Phi) is 5.94. The normalized spacial score (nSPS) is 25.4. The lowest BCUT2D eigenvalue weighted by Gasteiger charge is -2.27. The van der Waals surface area contributed by atoms with Crippen LogP contribution in [0.2, 0.25) is 0 Å². The number of nitrogens with one attached hydrogen (secondary N) is 1. The predicted octanol–water partition coefficient (Wildman–Crippen LogP) is 1.72. The van der Waals surface area contributed by atoms with Crippen molar-refractivity contribution in [3.63, 3.8) is 0 Å². The number of hydrogen-bond donors (Lipinski definition) is 3. The van der Waals surface area contributed by atoms with Gasteiger partial charge in [-0.3, -0.25) is 9.59 Å². The van der Waals surface area contributed by atoms with E-state index in [-0.39, 0.29) is 23.9 Å². The molecule has 1 aliphatic heterocycles. The monoisotopic (exact) mass is 399 g/mol. The molecule has 0 bridgehead atoms. The molecule has 7 heteroatoms. The lowest BCUT2D eigenvalue weighted by molar-refractivity contribution is -0.132. The summed E-state index contributed by atoms with van der Waals surface area (Å²) < 4.78 is 0. The molecule has 4 rings (SSSR count). The Bertz CT molecular complexity index is 756. The van der Waals surface area contributed by atoms with E-state index in [9.17, 15) is 9.59 Å². The molecule has 2 amide bonds. The lowest BCUT2D eigenvalue weighted by Crippen LogP contribution is -2.40. The first-order chi connectivity index (χ1) is 14.0. The molecule has 3 aliphatic rings. The summed E-state index contributed by atoms with van der Waals surface area (Å²) in [5.74, 6) is 0.514. The third-order valence-electron chi connectivity index (χ3n) is 6.47. The second-order valence-electron chi connectivity index (χ2n) is 8.80. The van der Waals surface area contributed by atoms with Crippen LogP contribution in [0.5, 0.6) is 0 Å². The molecule has 5 N–H and O–H groups in total. The van der Waals surface area contributed by atoms with E-state index in [0.717, 1.165) is 76.8 Å². The van der Waals surface area contributed by atoms with E-state index in [0.29, 0.717) is 17.2 Å². The molecule has 0 atom stereocenters. The van der Waals surface area contributed by atoms with Crippen molar-refractivity contribution in [2.45, 2.75) is 57.0 Å². The third-order valence-corrected chi connectivity index (χ3v) is 6.47. The lowest BCUT2D eigenvalue weighted by atomic mass is 9.91. The molecular formula is C22H33N5O2. The number of benzene rings is 1. The van der Waals surface area contributed by atoms with Gasteiger partial charge >= 0.3 is 0 Å². The van der Waals surface area contributed by atoms with Crippen LogP contribution in [-0.4, -0.2) is 55.0 Å². The number of rotatable bonds is 4. The van der Waals surface area contributed by atoms with Crippen LogP contribution in [0.3, 0.4) is 0 Å². The standard InChI is InChI=1S/C22H33N5O2/c23-17-5-7-18(8-6-17)25-21(28)16-4-9-20(19(24)14-16)26-10-1-11-27(13-12-26)22(29)15-2-3-15/h4,9,14-15,17-18H,1-3,5-8,10-13,23-24H2,(H,25,28). The first-order valence-corrected chi connectivity index (χ1v) is 11.0. The average molecular weight is 400 g/mol. The quantitative estimate of drug-likeness (QED) is 0.669. The minimum Gasteiger partial charge on any atom is -0.397 e. The molecule has 158 valence electrons. The fourth-order valence-electron chi connectivity index (χ4n) is 4.48. The third kappa shape index (κ3) is 4.83. The average Bonchev–Trinajstić information content (AvgIpc) is 3.56. The fourth-order valence-corrected chi connectivity index (χ4v) is 4.48. The number of nitrogen functional groups attached to an aromatic ring is 1. The molecule has 1 saturated heterocycles. The number of amides is 2. The van der Waals surface area contributed by atoms with E-state index in [1.807, 2.05) is 17.0 Å². The predicted molar refractivity (Wildman–Crippen MR) is 115 cm³/mol. The summed E-state index contributed by atoms with van der Waals surface area (Å²) in [6, 6.07) is 6.04. The fraction of sp³-hybridized carbons (Fsp3) is 0.636. The molecule has 2 saturated carbocycles. The molecule has 7 nitrogen and oxygen atoms in total. The van der Waals surface area contributed by atoms with Gasteiger partial charge in [-0.15, -0.1) is 0 Å². The Morgan fingerprint density at radius 2 is 1.72 bits per heavy atom. The summed E-state index contributed by atoms with van der Waals surface area (Å²) in [5, 5.41) is 3.12. The molecule has 29 heavy (non-hydrogen) atoms. The van der Waals surface area contributed by atoms with Crippen molar-refractivity contribution >= 4 is 23.2 Å². The van der Waals surface area contributed by atoms with Crippen LogP contribution in [0.25, 0.3) is 0 Å². The van der Waals surface area contributed by atoms with Gasteiger partial charge in [-0.1, -0.05) is 0 Å². The van der Waals surface area contributed by atoms with E-state index in [2.05, 4.69) is 10.2 Å². The SMILES string of the molecule is Nc1cc(C(=O)NC2CCC(N)CC2)ccc1N1CCCN(C(=O)C2CC2)CC1. The number of hydrogen-bond acceptors (Lipinski definition) is 5.